The van der Waals surface area contributed by atoms with E-state index in [4.69, 9.17) is 0 Å². The first-order chi connectivity index (χ1) is 12.8. The molecule has 2 unspecified atom stereocenters. The molecule has 3 heterocycles. The molecule has 150 valence electrons. The van der Waals surface area contributed by atoms with Gasteiger partial charge in [-0.05, 0) is 26.8 Å². The third-order valence-electron chi connectivity index (χ3n) is 4.55. The summed E-state index contributed by atoms with van der Waals surface area (Å²) in [4.78, 5) is 13.0. The van der Waals surface area contributed by atoms with Crippen LogP contribution in [0.1, 0.15) is 26.7 Å². The fourth-order valence-electron chi connectivity index (χ4n) is 3.07. The van der Waals surface area contributed by atoms with Crippen molar-refractivity contribution < 1.29 is 18.3 Å². The number of anilines is 2. The smallest absolute Gasteiger partial charge is 0.391 e. The van der Waals surface area contributed by atoms with Crippen molar-refractivity contribution in [1.82, 2.24) is 24.8 Å². The lowest BCUT2D eigenvalue weighted by atomic mass is 10.1. The van der Waals surface area contributed by atoms with Crippen LogP contribution in [0.3, 0.4) is 0 Å². The van der Waals surface area contributed by atoms with Gasteiger partial charge in [0.25, 0.3) is 0 Å². The fourth-order valence-corrected chi connectivity index (χ4v) is 3.07. The molecular weight excluding hydrogens is 363 g/mol. The standard InChI is InChI=1S/C16H24F3N7O/c1-3-26-8-21-12-13(22-10-4-5-20-7-10)24-15(25-14(12)26)23-11(9(2)27)6-16(17,18)19/h8-11,20,27H,3-7H2,1-2H3,(H2,22,23,24,25)/t9?,10-,11?/m0/s1. The molecule has 11 heteroatoms. The van der Waals surface area contributed by atoms with E-state index < -0.39 is 24.7 Å². The predicted molar refractivity (Wildman–Crippen MR) is 95.7 cm³/mol. The molecule has 2 aromatic rings. The molecule has 0 aliphatic carbocycles. The van der Waals surface area contributed by atoms with Gasteiger partial charge in [0.05, 0.1) is 24.9 Å². The first-order valence-electron chi connectivity index (χ1n) is 8.98. The SMILES string of the molecule is CCn1cnc2c(N[C@H]3CCNC3)nc(NC(CC(F)(F)F)C(C)O)nc21. The number of aliphatic hydroxyl groups excluding tert-OH is 1. The average molecular weight is 387 g/mol. The molecule has 1 aliphatic heterocycles. The van der Waals surface area contributed by atoms with E-state index in [2.05, 4.69) is 30.9 Å². The molecule has 0 spiro atoms. The molecule has 3 rings (SSSR count). The quantitative estimate of drug-likeness (QED) is 0.574. The Morgan fingerprint density at radius 2 is 2.19 bits per heavy atom. The van der Waals surface area contributed by atoms with Crippen molar-refractivity contribution in [1.29, 1.82) is 0 Å². The highest BCUT2D eigenvalue weighted by molar-refractivity contribution is 5.84. The number of imidazole rings is 1. The molecule has 0 aromatic carbocycles. The molecule has 4 N–H and O–H groups in total. The lowest BCUT2D eigenvalue weighted by molar-refractivity contribution is -0.141. The summed E-state index contributed by atoms with van der Waals surface area (Å²) in [5.41, 5.74) is 1.10. The van der Waals surface area contributed by atoms with Crippen LogP contribution in [-0.2, 0) is 6.54 Å². The van der Waals surface area contributed by atoms with Gasteiger partial charge in [0.2, 0.25) is 5.95 Å². The summed E-state index contributed by atoms with van der Waals surface area (Å²) >= 11 is 0. The molecule has 1 fully saturated rings. The summed E-state index contributed by atoms with van der Waals surface area (Å²) in [6, 6.07) is -1.09. The minimum atomic E-state index is -4.42. The Labute approximate surface area is 154 Å². The van der Waals surface area contributed by atoms with Crippen LogP contribution in [0.15, 0.2) is 6.33 Å². The van der Waals surface area contributed by atoms with Crippen molar-refractivity contribution >= 4 is 22.9 Å². The molecule has 1 aliphatic rings. The van der Waals surface area contributed by atoms with Gasteiger partial charge in [-0.3, -0.25) is 0 Å². The van der Waals surface area contributed by atoms with E-state index in [-0.39, 0.29) is 12.0 Å². The van der Waals surface area contributed by atoms with Gasteiger partial charge in [0, 0.05) is 19.1 Å². The molecule has 0 bridgehead atoms. The first-order valence-corrected chi connectivity index (χ1v) is 8.98. The van der Waals surface area contributed by atoms with Crippen LogP contribution >= 0.6 is 0 Å². The lowest BCUT2D eigenvalue weighted by Gasteiger charge is -2.23. The highest BCUT2D eigenvalue weighted by atomic mass is 19.4. The Kier molecular flexibility index (Phi) is 5.70. The molecular formula is C16H24F3N7O. The van der Waals surface area contributed by atoms with Crippen molar-refractivity contribution in [2.45, 2.75) is 57.6 Å². The summed E-state index contributed by atoms with van der Waals surface area (Å²) in [6.45, 7) is 5.50. The number of aromatic nitrogens is 4. The molecule has 2 aromatic heterocycles. The maximum atomic E-state index is 12.8. The molecule has 0 amide bonds. The van der Waals surface area contributed by atoms with Crippen LogP contribution < -0.4 is 16.0 Å². The largest absolute Gasteiger partial charge is 0.391 e. The minimum Gasteiger partial charge on any atom is -0.391 e. The highest BCUT2D eigenvalue weighted by Gasteiger charge is 2.34. The Balaban J connectivity index is 1.93. The van der Waals surface area contributed by atoms with E-state index in [1.807, 2.05) is 6.92 Å². The molecule has 8 nitrogen and oxygen atoms in total. The second-order valence-electron chi connectivity index (χ2n) is 6.74. The van der Waals surface area contributed by atoms with Crippen molar-refractivity contribution in [3.05, 3.63) is 6.33 Å². The predicted octanol–water partition coefficient (Wildman–Crippen LogP) is 1.73. The van der Waals surface area contributed by atoms with Crippen LogP contribution in [0.4, 0.5) is 24.9 Å². The molecule has 0 radical (unpaired) electrons. The number of hydrogen-bond acceptors (Lipinski definition) is 7. The number of aliphatic hydroxyl groups is 1. The summed E-state index contributed by atoms with van der Waals surface area (Å²) < 4.78 is 40.2. The second-order valence-corrected chi connectivity index (χ2v) is 6.74. The van der Waals surface area contributed by atoms with E-state index >= 15 is 0 Å². The molecule has 3 atom stereocenters. The monoisotopic (exact) mass is 387 g/mol. The Hall–Kier alpha value is -2.14. The molecule has 1 saturated heterocycles. The lowest BCUT2D eigenvalue weighted by Crippen LogP contribution is -2.36. The number of hydrogen-bond donors (Lipinski definition) is 4. The van der Waals surface area contributed by atoms with Gasteiger partial charge in [-0.1, -0.05) is 0 Å². The van der Waals surface area contributed by atoms with Crippen molar-refractivity contribution in [2.24, 2.45) is 0 Å². The van der Waals surface area contributed by atoms with Crippen molar-refractivity contribution in [3.8, 4) is 0 Å². The Morgan fingerprint density at radius 1 is 1.41 bits per heavy atom. The number of aryl methyl sites for hydroxylation is 1. The number of halogens is 3. The van der Waals surface area contributed by atoms with Gasteiger partial charge in [-0.2, -0.15) is 23.1 Å². The van der Waals surface area contributed by atoms with E-state index in [0.717, 1.165) is 19.5 Å². The van der Waals surface area contributed by atoms with E-state index in [0.29, 0.717) is 23.5 Å². The van der Waals surface area contributed by atoms with Gasteiger partial charge in [0.1, 0.15) is 0 Å². The van der Waals surface area contributed by atoms with E-state index in [1.54, 1.807) is 10.9 Å². The third-order valence-corrected chi connectivity index (χ3v) is 4.55. The van der Waals surface area contributed by atoms with Gasteiger partial charge in [0.15, 0.2) is 17.0 Å². The first kappa shape index (κ1) is 19.6. The number of nitrogens with zero attached hydrogens (tertiary/aromatic N) is 4. The number of nitrogens with one attached hydrogen (secondary N) is 3. The maximum absolute atomic E-state index is 12.8. The third kappa shape index (κ3) is 4.78. The summed E-state index contributed by atoms with van der Waals surface area (Å²) in [6.07, 6.45) is -4.29. The molecule has 0 saturated carbocycles. The average Bonchev–Trinajstić information content (AvgIpc) is 3.22. The number of fused-ring (bicyclic) bond motifs is 1. The maximum Gasteiger partial charge on any atom is 0.391 e. The number of rotatable bonds is 7. The van der Waals surface area contributed by atoms with Crippen LogP contribution in [0, 0.1) is 0 Å². The summed E-state index contributed by atoms with van der Waals surface area (Å²) in [5.74, 6) is 0.501. The normalized spacial score (nSPS) is 20.0. The zero-order valence-corrected chi connectivity index (χ0v) is 15.2. The van der Waals surface area contributed by atoms with Gasteiger partial charge in [-0.25, -0.2) is 4.98 Å². The van der Waals surface area contributed by atoms with Gasteiger partial charge in [-0.15, -0.1) is 0 Å². The zero-order chi connectivity index (χ0) is 19.6. The van der Waals surface area contributed by atoms with Crippen molar-refractivity contribution in [2.75, 3.05) is 23.7 Å². The zero-order valence-electron chi connectivity index (χ0n) is 15.2. The highest BCUT2D eigenvalue weighted by Crippen LogP contribution is 2.26. The van der Waals surface area contributed by atoms with Crippen LogP contribution in [0.25, 0.3) is 11.2 Å². The molecule has 27 heavy (non-hydrogen) atoms. The summed E-state index contributed by atoms with van der Waals surface area (Å²) in [7, 11) is 0. The number of alkyl halides is 3. The second kappa shape index (κ2) is 7.85. The van der Waals surface area contributed by atoms with E-state index in [9.17, 15) is 18.3 Å². The summed E-state index contributed by atoms with van der Waals surface area (Å²) in [5, 5.41) is 18.9. The van der Waals surface area contributed by atoms with E-state index in [1.165, 1.54) is 6.92 Å². The topological polar surface area (TPSA) is 99.9 Å². The minimum absolute atomic E-state index is 0.0290. The van der Waals surface area contributed by atoms with Gasteiger partial charge < -0.3 is 25.6 Å². The van der Waals surface area contributed by atoms with Crippen LogP contribution in [0.2, 0.25) is 0 Å². The van der Waals surface area contributed by atoms with Crippen LogP contribution in [0.5, 0.6) is 0 Å². The Morgan fingerprint density at radius 3 is 2.78 bits per heavy atom. The van der Waals surface area contributed by atoms with Crippen molar-refractivity contribution in [3.63, 3.8) is 0 Å². The Bertz CT molecular complexity index is 771. The van der Waals surface area contributed by atoms with Crippen LogP contribution in [-0.4, -0.2) is 62.1 Å². The van der Waals surface area contributed by atoms with Gasteiger partial charge >= 0.3 is 6.18 Å². The fraction of sp³-hybridized carbons (Fsp3) is 0.688.